The molecule has 3 rings (SSSR count). The van der Waals surface area contributed by atoms with Crippen LogP contribution in [0.3, 0.4) is 0 Å². The van der Waals surface area contributed by atoms with Gasteiger partial charge in [-0.3, -0.25) is 9.59 Å². The van der Waals surface area contributed by atoms with E-state index < -0.39 is 0 Å². The molecule has 0 radical (unpaired) electrons. The predicted molar refractivity (Wildman–Crippen MR) is 80.4 cm³/mol. The molecule has 0 fully saturated rings. The van der Waals surface area contributed by atoms with Gasteiger partial charge in [0.15, 0.2) is 0 Å². The largest absolute Gasteiger partial charge is 0.268 e. The second-order valence-electron chi connectivity index (χ2n) is 4.39. The second kappa shape index (κ2) is 5.13. The number of anilines is 1. The zero-order valence-electron chi connectivity index (χ0n) is 11.0. The first-order valence-electron chi connectivity index (χ1n) is 6.43. The third-order valence-electron chi connectivity index (χ3n) is 3.20. The van der Waals surface area contributed by atoms with Crippen molar-refractivity contribution in [3.63, 3.8) is 0 Å². The predicted octanol–water partition coefficient (Wildman–Crippen LogP) is 3.60. The average molecular weight is 283 g/mol. The summed E-state index contributed by atoms with van der Waals surface area (Å²) in [6.07, 6.45) is 0. The van der Waals surface area contributed by atoms with Crippen molar-refractivity contribution in [3.05, 3.63) is 59.7 Å². The molecule has 2 amide bonds. The first kappa shape index (κ1) is 12.9. The Morgan fingerprint density at radius 3 is 2.05 bits per heavy atom. The van der Waals surface area contributed by atoms with Crippen molar-refractivity contribution in [1.29, 1.82) is 0 Å². The Balaban J connectivity index is 2.10. The second-order valence-corrected chi connectivity index (χ2v) is 5.70. The number of thioether (sulfide) groups is 1. The fourth-order valence-electron chi connectivity index (χ4n) is 2.33. The molecule has 0 N–H and O–H groups in total. The molecule has 1 aliphatic heterocycles. The summed E-state index contributed by atoms with van der Waals surface area (Å²) >= 11 is 1.63. The molecule has 1 heterocycles. The van der Waals surface area contributed by atoms with Crippen molar-refractivity contribution < 1.29 is 9.59 Å². The van der Waals surface area contributed by atoms with Crippen LogP contribution in [0.1, 0.15) is 27.6 Å². The minimum Gasteiger partial charge on any atom is -0.268 e. The van der Waals surface area contributed by atoms with Crippen LogP contribution in [0.15, 0.2) is 53.4 Å². The number of para-hydroxylation sites is 1. The molecule has 4 heteroatoms. The molecule has 20 heavy (non-hydrogen) atoms. The third kappa shape index (κ3) is 1.93. The highest BCUT2D eigenvalue weighted by Crippen LogP contribution is 2.35. The van der Waals surface area contributed by atoms with Gasteiger partial charge in [0, 0.05) is 4.90 Å². The van der Waals surface area contributed by atoms with Crippen LogP contribution in [0, 0.1) is 0 Å². The Hall–Kier alpha value is -2.07. The van der Waals surface area contributed by atoms with Gasteiger partial charge in [-0.1, -0.05) is 31.2 Å². The highest BCUT2D eigenvalue weighted by molar-refractivity contribution is 7.99. The summed E-state index contributed by atoms with van der Waals surface area (Å²) in [6.45, 7) is 2.05. The van der Waals surface area contributed by atoms with E-state index in [-0.39, 0.29) is 11.8 Å². The van der Waals surface area contributed by atoms with E-state index in [9.17, 15) is 9.59 Å². The van der Waals surface area contributed by atoms with Gasteiger partial charge in [-0.15, -0.1) is 11.8 Å². The number of imide groups is 1. The summed E-state index contributed by atoms with van der Waals surface area (Å²) in [5, 5.41) is 0. The van der Waals surface area contributed by atoms with Gasteiger partial charge < -0.3 is 0 Å². The van der Waals surface area contributed by atoms with Gasteiger partial charge in [-0.05, 0) is 30.0 Å². The molecule has 3 nitrogen and oxygen atoms in total. The maximum absolute atomic E-state index is 12.5. The van der Waals surface area contributed by atoms with Crippen LogP contribution in [0.2, 0.25) is 0 Å². The smallest absolute Gasteiger partial charge is 0.266 e. The number of benzene rings is 2. The Bertz CT molecular complexity index is 661. The Kier molecular flexibility index (Phi) is 3.32. The molecule has 2 aromatic carbocycles. The van der Waals surface area contributed by atoms with Crippen molar-refractivity contribution in [1.82, 2.24) is 0 Å². The van der Waals surface area contributed by atoms with Gasteiger partial charge in [-0.25, -0.2) is 4.90 Å². The average Bonchev–Trinajstić information content (AvgIpc) is 2.73. The first-order chi connectivity index (χ1) is 9.74. The van der Waals surface area contributed by atoms with Crippen LogP contribution in [0.5, 0.6) is 0 Å². The number of rotatable bonds is 3. The van der Waals surface area contributed by atoms with Gasteiger partial charge in [-0.2, -0.15) is 0 Å². The van der Waals surface area contributed by atoms with Crippen molar-refractivity contribution >= 4 is 29.3 Å². The molecule has 0 bridgehead atoms. The van der Waals surface area contributed by atoms with E-state index in [4.69, 9.17) is 0 Å². The zero-order chi connectivity index (χ0) is 14.1. The highest BCUT2D eigenvalue weighted by atomic mass is 32.2. The Morgan fingerprint density at radius 2 is 1.45 bits per heavy atom. The monoisotopic (exact) mass is 283 g/mol. The molecule has 0 aliphatic carbocycles. The lowest BCUT2D eigenvalue weighted by molar-refractivity contribution is 0.0925. The molecular weight excluding hydrogens is 270 g/mol. The summed E-state index contributed by atoms with van der Waals surface area (Å²) in [4.78, 5) is 27.1. The standard InChI is InChI=1S/C16H13NO2S/c1-2-20-14-10-6-5-9-13(14)17-15(18)11-7-3-4-8-12(11)16(17)19/h3-10H,2H2,1H3. The summed E-state index contributed by atoms with van der Waals surface area (Å²) in [6, 6.07) is 14.5. The van der Waals surface area contributed by atoms with Crippen molar-refractivity contribution in [2.75, 3.05) is 10.7 Å². The van der Waals surface area contributed by atoms with Crippen LogP contribution < -0.4 is 4.90 Å². The lowest BCUT2D eigenvalue weighted by Crippen LogP contribution is -2.29. The molecule has 1 aliphatic rings. The van der Waals surface area contributed by atoms with E-state index in [1.54, 1.807) is 36.0 Å². The van der Waals surface area contributed by atoms with Gasteiger partial charge >= 0.3 is 0 Å². The third-order valence-corrected chi connectivity index (χ3v) is 4.14. The first-order valence-corrected chi connectivity index (χ1v) is 7.42. The Labute approximate surface area is 121 Å². The number of nitrogens with zero attached hydrogens (tertiary/aromatic N) is 1. The molecular formula is C16H13NO2S. The molecule has 0 aromatic heterocycles. The van der Waals surface area contributed by atoms with Crippen LogP contribution in [0.4, 0.5) is 5.69 Å². The number of hydrogen-bond acceptors (Lipinski definition) is 3. The van der Waals surface area contributed by atoms with Crippen LogP contribution in [-0.4, -0.2) is 17.6 Å². The number of carbonyl (C=O) groups excluding carboxylic acids is 2. The molecule has 100 valence electrons. The van der Waals surface area contributed by atoms with Crippen LogP contribution >= 0.6 is 11.8 Å². The lowest BCUT2D eigenvalue weighted by atomic mass is 10.1. The van der Waals surface area contributed by atoms with E-state index in [2.05, 4.69) is 0 Å². The maximum Gasteiger partial charge on any atom is 0.266 e. The molecule has 0 atom stereocenters. The number of fused-ring (bicyclic) bond motifs is 1. The Morgan fingerprint density at radius 1 is 0.900 bits per heavy atom. The molecule has 0 spiro atoms. The maximum atomic E-state index is 12.5. The van der Waals surface area contributed by atoms with E-state index in [0.29, 0.717) is 16.8 Å². The van der Waals surface area contributed by atoms with Gasteiger partial charge in [0.25, 0.3) is 11.8 Å². The lowest BCUT2D eigenvalue weighted by Gasteiger charge is -2.17. The summed E-state index contributed by atoms with van der Waals surface area (Å²) in [5.74, 6) is 0.407. The normalized spacial score (nSPS) is 13.8. The minimum absolute atomic E-state index is 0.241. The fourth-order valence-corrected chi connectivity index (χ4v) is 3.12. The zero-order valence-corrected chi connectivity index (χ0v) is 11.8. The summed E-state index contributed by atoms with van der Waals surface area (Å²) in [5.41, 5.74) is 1.63. The SMILES string of the molecule is CCSc1ccccc1N1C(=O)c2ccccc2C1=O. The quantitative estimate of drug-likeness (QED) is 0.638. The van der Waals surface area contributed by atoms with E-state index in [1.165, 1.54) is 4.90 Å². The number of amides is 2. The van der Waals surface area contributed by atoms with Crippen molar-refractivity contribution in [3.8, 4) is 0 Å². The number of hydrogen-bond donors (Lipinski definition) is 0. The topological polar surface area (TPSA) is 37.4 Å². The van der Waals surface area contributed by atoms with Crippen LogP contribution in [0.25, 0.3) is 0 Å². The van der Waals surface area contributed by atoms with Gasteiger partial charge in [0.05, 0.1) is 16.8 Å². The summed E-state index contributed by atoms with van der Waals surface area (Å²) in [7, 11) is 0. The van der Waals surface area contributed by atoms with Gasteiger partial charge in [0.2, 0.25) is 0 Å². The van der Waals surface area contributed by atoms with E-state index in [0.717, 1.165) is 10.6 Å². The molecule has 0 saturated carbocycles. The van der Waals surface area contributed by atoms with Crippen molar-refractivity contribution in [2.24, 2.45) is 0 Å². The van der Waals surface area contributed by atoms with Crippen LogP contribution in [-0.2, 0) is 0 Å². The molecule has 2 aromatic rings. The fraction of sp³-hybridized carbons (Fsp3) is 0.125. The highest BCUT2D eigenvalue weighted by Gasteiger charge is 2.37. The van der Waals surface area contributed by atoms with E-state index >= 15 is 0 Å². The summed E-state index contributed by atoms with van der Waals surface area (Å²) < 4.78 is 0. The molecule has 0 saturated heterocycles. The molecule has 0 unspecified atom stereocenters. The van der Waals surface area contributed by atoms with Gasteiger partial charge in [0.1, 0.15) is 0 Å². The van der Waals surface area contributed by atoms with Crippen molar-refractivity contribution in [2.45, 2.75) is 11.8 Å². The number of carbonyl (C=O) groups is 2. The minimum atomic E-state index is -0.241. The van der Waals surface area contributed by atoms with E-state index in [1.807, 2.05) is 31.2 Å².